The summed E-state index contributed by atoms with van der Waals surface area (Å²) >= 11 is 0. The molecule has 3 rings (SSSR count). The highest BCUT2D eigenvalue weighted by molar-refractivity contribution is 5.65. The van der Waals surface area contributed by atoms with Crippen LogP contribution >= 0.6 is 0 Å². The normalized spacial score (nSPS) is 10.6. The largest absolute Gasteiger partial charge is 0.507 e. The van der Waals surface area contributed by atoms with E-state index < -0.39 is 0 Å². The van der Waals surface area contributed by atoms with E-state index in [4.69, 9.17) is 4.52 Å². The van der Waals surface area contributed by atoms with E-state index in [-0.39, 0.29) is 11.6 Å². The van der Waals surface area contributed by atoms with E-state index >= 15 is 0 Å². The third-order valence-electron chi connectivity index (χ3n) is 2.71. The Kier molecular flexibility index (Phi) is 2.68. The smallest absolute Gasteiger partial charge is 0.262 e. The van der Waals surface area contributed by atoms with Gasteiger partial charge in [-0.05, 0) is 24.6 Å². The van der Waals surface area contributed by atoms with Crippen LogP contribution in [0.1, 0.15) is 5.56 Å². The molecular weight excluding hydrogens is 244 g/mol. The maximum atomic E-state index is 9.98. The second kappa shape index (κ2) is 4.49. The maximum Gasteiger partial charge on any atom is 0.262 e. The van der Waals surface area contributed by atoms with Crippen molar-refractivity contribution < 1.29 is 9.63 Å². The van der Waals surface area contributed by atoms with Crippen LogP contribution in [0.25, 0.3) is 23.0 Å². The first kappa shape index (κ1) is 11.3. The standard InChI is InChI=1S/C13H10N4O2/c1-8-3-2-4-9(11(8)18)13-16-12(17-19-13)10-5-6-14-7-15-10/h2-7,18H,1H3. The summed E-state index contributed by atoms with van der Waals surface area (Å²) in [5, 5.41) is 13.8. The van der Waals surface area contributed by atoms with Crippen molar-refractivity contribution in [3.05, 3.63) is 42.4 Å². The Labute approximate surface area is 108 Å². The molecule has 0 bridgehead atoms. The quantitative estimate of drug-likeness (QED) is 0.754. The molecule has 0 unspecified atom stereocenters. The Bertz CT molecular complexity index is 710. The first-order valence-corrected chi connectivity index (χ1v) is 5.65. The number of phenols is 1. The molecule has 2 aromatic heterocycles. The second-order valence-corrected chi connectivity index (χ2v) is 3.99. The van der Waals surface area contributed by atoms with Crippen LogP contribution < -0.4 is 0 Å². The number of hydrogen-bond donors (Lipinski definition) is 1. The van der Waals surface area contributed by atoms with Crippen molar-refractivity contribution in [2.24, 2.45) is 0 Å². The molecule has 3 aromatic rings. The van der Waals surface area contributed by atoms with Crippen LogP contribution in [0.3, 0.4) is 0 Å². The van der Waals surface area contributed by atoms with Gasteiger partial charge in [-0.3, -0.25) is 0 Å². The molecule has 1 aromatic carbocycles. The summed E-state index contributed by atoms with van der Waals surface area (Å²) < 4.78 is 5.16. The van der Waals surface area contributed by atoms with Crippen LogP contribution in [-0.2, 0) is 0 Å². The molecule has 6 nitrogen and oxygen atoms in total. The van der Waals surface area contributed by atoms with E-state index in [0.29, 0.717) is 17.1 Å². The summed E-state index contributed by atoms with van der Waals surface area (Å²) in [6, 6.07) is 7.03. The summed E-state index contributed by atoms with van der Waals surface area (Å²) in [5.74, 6) is 0.758. The third kappa shape index (κ3) is 2.03. The topological polar surface area (TPSA) is 84.9 Å². The van der Waals surface area contributed by atoms with E-state index in [1.165, 1.54) is 6.33 Å². The van der Waals surface area contributed by atoms with Gasteiger partial charge in [0.2, 0.25) is 5.82 Å². The summed E-state index contributed by atoms with van der Waals surface area (Å²) in [6.45, 7) is 1.81. The summed E-state index contributed by atoms with van der Waals surface area (Å²) in [6.07, 6.45) is 3.01. The minimum atomic E-state index is 0.139. The van der Waals surface area contributed by atoms with Gasteiger partial charge in [0, 0.05) is 6.20 Å². The number of aryl methyl sites for hydroxylation is 1. The first-order valence-electron chi connectivity index (χ1n) is 5.65. The highest BCUT2D eigenvalue weighted by Gasteiger charge is 2.15. The average molecular weight is 254 g/mol. The van der Waals surface area contributed by atoms with Crippen LogP contribution in [0.2, 0.25) is 0 Å². The van der Waals surface area contributed by atoms with Crippen LogP contribution in [0.4, 0.5) is 0 Å². The van der Waals surface area contributed by atoms with Gasteiger partial charge in [-0.1, -0.05) is 17.3 Å². The summed E-state index contributed by atoms with van der Waals surface area (Å²) in [4.78, 5) is 12.1. The molecule has 0 spiro atoms. The number of aromatic hydroxyl groups is 1. The molecule has 0 fully saturated rings. The Balaban J connectivity index is 2.05. The predicted molar refractivity (Wildman–Crippen MR) is 67.2 cm³/mol. The van der Waals surface area contributed by atoms with Crippen LogP contribution in [0.5, 0.6) is 5.75 Å². The van der Waals surface area contributed by atoms with Crippen molar-refractivity contribution in [1.82, 2.24) is 20.1 Å². The molecule has 2 heterocycles. The Morgan fingerprint density at radius 3 is 2.89 bits per heavy atom. The molecule has 0 aliphatic rings. The molecule has 0 radical (unpaired) electrons. The Morgan fingerprint density at radius 1 is 1.21 bits per heavy atom. The Morgan fingerprint density at radius 2 is 2.11 bits per heavy atom. The maximum absolute atomic E-state index is 9.98. The minimum Gasteiger partial charge on any atom is -0.507 e. The van der Waals surface area contributed by atoms with Crippen molar-refractivity contribution in [1.29, 1.82) is 0 Å². The third-order valence-corrected chi connectivity index (χ3v) is 2.71. The number of rotatable bonds is 2. The lowest BCUT2D eigenvalue weighted by molar-refractivity contribution is 0.425. The van der Waals surface area contributed by atoms with Crippen LogP contribution in [0.15, 0.2) is 41.3 Å². The molecule has 0 saturated carbocycles. The molecule has 6 heteroatoms. The van der Waals surface area contributed by atoms with E-state index in [0.717, 1.165) is 5.56 Å². The molecule has 0 amide bonds. The highest BCUT2D eigenvalue weighted by Crippen LogP contribution is 2.31. The van der Waals surface area contributed by atoms with E-state index in [1.807, 2.05) is 6.07 Å². The summed E-state index contributed by atoms with van der Waals surface area (Å²) in [7, 11) is 0. The molecule has 0 aliphatic carbocycles. The van der Waals surface area contributed by atoms with Crippen molar-refractivity contribution in [3.63, 3.8) is 0 Å². The predicted octanol–water partition coefficient (Wildman–Crippen LogP) is 2.21. The van der Waals surface area contributed by atoms with Gasteiger partial charge in [0.1, 0.15) is 17.8 Å². The molecule has 0 atom stereocenters. The second-order valence-electron chi connectivity index (χ2n) is 3.99. The van der Waals surface area contributed by atoms with Crippen molar-refractivity contribution in [2.45, 2.75) is 6.92 Å². The number of hydrogen-bond acceptors (Lipinski definition) is 6. The SMILES string of the molecule is Cc1cccc(-c2nc(-c3ccncn3)no2)c1O. The fourth-order valence-electron chi connectivity index (χ4n) is 1.69. The van der Waals surface area contributed by atoms with Gasteiger partial charge < -0.3 is 9.63 Å². The monoisotopic (exact) mass is 254 g/mol. The average Bonchev–Trinajstić information content (AvgIpc) is 2.92. The van der Waals surface area contributed by atoms with Gasteiger partial charge in [-0.2, -0.15) is 4.98 Å². The fourth-order valence-corrected chi connectivity index (χ4v) is 1.69. The van der Waals surface area contributed by atoms with Crippen LogP contribution in [-0.4, -0.2) is 25.2 Å². The van der Waals surface area contributed by atoms with E-state index in [2.05, 4.69) is 20.1 Å². The van der Waals surface area contributed by atoms with Gasteiger partial charge in [0.15, 0.2) is 0 Å². The number of phenolic OH excluding ortho intramolecular Hbond substituents is 1. The number of para-hydroxylation sites is 1. The molecule has 1 N–H and O–H groups in total. The van der Waals surface area contributed by atoms with Crippen LogP contribution in [0, 0.1) is 6.92 Å². The van der Waals surface area contributed by atoms with Crippen molar-refractivity contribution in [2.75, 3.05) is 0 Å². The van der Waals surface area contributed by atoms with Gasteiger partial charge in [0.25, 0.3) is 5.89 Å². The molecular formula is C13H10N4O2. The minimum absolute atomic E-state index is 0.139. The first-order chi connectivity index (χ1) is 9.25. The zero-order chi connectivity index (χ0) is 13.2. The van der Waals surface area contributed by atoms with Gasteiger partial charge in [-0.15, -0.1) is 0 Å². The van der Waals surface area contributed by atoms with Gasteiger partial charge in [-0.25, -0.2) is 9.97 Å². The lowest BCUT2D eigenvalue weighted by atomic mass is 10.1. The molecule has 19 heavy (non-hydrogen) atoms. The Hall–Kier alpha value is -2.76. The summed E-state index contributed by atoms with van der Waals surface area (Å²) in [5.41, 5.74) is 1.82. The van der Waals surface area contributed by atoms with Gasteiger partial charge in [0.05, 0.1) is 5.56 Å². The lowest BCUT2D eigenvalue weighted by Gasteiger charge is -2.01. The number of benzene rings is 1. The lowest BCUT2D eigenvalue weighted by Crippen LogP contribution is -1.86. The fraction of sp³-hybridized carbons (Fsp3) is 0.0769. The number of aromatic nitrogens is 4. The molecule has 94 valence electrons. The zero-order valence-corrected chi connectivity index (χ0v) is 10.1. The van der Waals surface area contributed by atoms with E-state index in [1.54, 1.807) is 31.3 Å². The van der Waals surface area contributed by atoms with Crippen molar-refractivity contribution in [3.8, 4) is 28.7 Å². The highest BCUT2D eigenvalue weighted by atomic mass is 16.5. The molecule has 0 saturated heterocycles. The van der Waals surface area contributed by atoms with E-state index in [9.17, 15) is 5.11 Å². The molecule has 0 aliphatic heterocycles. The zero-order valence-electron chi connectivity index (χ0n) is 10.1. The van der Waals surface area contributed by atoms with Gasteiger partial charge >= 0.3 is 0 Å². The number of nitrogens with zero attached hydrogens (tertiary/aromatic N) is 4. The van der Waals surface area contributed by atoms with Crippen molar-refractivity contribution >= 4 is 0 Å².